The van der Waals surface area contributed by atoms with Crippen LogP contribution in [0.5, 0.6) is 11.5 Å². The van der Waals surface area contributed by atoms with Crippen LogP contribution in [-0.2, 0) is 4.79 Å². The normalized spacial score (nSPS) is 16.0. The van der Waals surface area contributed by atoms with Gasteiger partial charge in [-0.1, -0.05) is 29.8 Å². The standard InChI is InChI=1S/C21H22ClN3O3S/c1-11-14(22)8-6-9-15(11)24-20(26)17-12(2)23-21(29)25-18(17)13-7-5-10-16(27-3)19(13)28-4/h5-10,18H,1-4H3,(H,24,26)(H2,23,25,29). The van der Waals surface area contributed by atoms with E-state index < -0.39 is 6.04 Å². The van der Waals surface area contributed by atoms with E-state index >= 15 is 0 Å². The van der Waals surface area contributed by atoms with E-state index in [1.54, 1.807) is 32.4 Å². The maximum Gasteiger partial charge on any atom is 0.255 e. The van der Waals surface area contributed by atoms with E-state index in [0.717, 1.165) is 11.1 Å². The van der Waals surface area contributed by atoms with Crippen molar-refractivity contribution in [2.45, 2.75) is 19.9 Å². The van der Waals surface area contributed by atoms with Gasteiger partial charge in [0.2, 0.25) is 0 Å². The fourth-order valence-electron chi connectivity index (χ4n) is 3.30. The molecule has 3 N–H and O–H groups in total. The van der Waals surface area contributed by atoms with E-state index in [4.69, 9.17) is 33.3 Å². The number of thiocarbonyl (C=S) groups is 1. The maximum atomic E-state index is 13.3. The van der Waals surface area contributed by atoms with Gasteiger partial charge < -0.3 is 25.4 Å². The molecule has 0 fully saturated rings. The largest absolute Gasteiger partial charge is 0.493 e. The number of allylic oxidation sites excluding steroid dienone is 1. The summed E-state index contributed by atoms with van der Waals surface area (Å²) in [5, 5.41) is 10.2. The molecule has 152 valence electrons. The van der Waals surface area contributed by atoms with E-state index in [2.05, 4.69) is 16.0 Å². The highest BCUT2D eigenvalue weighted by Gasteiger charge is 2.32. The Morgan fingerprint density at radius 2 is 1.86 bits per heavy atom. The topological polar surface area (TPSA) is 71.6 Å². The molecule has 1 aliphatic rings. The minimum atomic E-state index is -0.520. The van der Waals surface area contributed by atoms with Gasteiger partial charge in [0.25, 0.3) is 5.91 Å². The number of ether oxygens (including phenoxy) is 2. The number of para-hydroxylation sites is 1. The van der Waals surface area contributed by atoms with Crippen molar-refractivity contribution >= 4 is 40.5 Å². The molecule has 0 saturated carbocycles. The van der Waals surface area contributed by atoms with Gasteiger partial charge in [0.1, 0.15) is 0 Å². The van der Waals surface area contributed by atoms with E-state index in [0.29, 0.717) is 38.6 Å². The molecule has 29 heavy (non-hydrogen) atoms. The van der Waals surface area contributed by atoms with Crippen molar-refractivity contribution in [1.82, 2.24) is 10.6 Å². The lowest BCUT2D eigenvalue weighted by Gasteiger charge is -2.31. The average Bonchev–Trinajstić information content (AvgIpc) is 2.69. The van der Waals surface area contributed by atoms with Gasteiger partial charge in [0.05, 0.1) is 25.8 Å². The number of methoxy groups -OCH3 is 2. The number of halogens is 1. The number of anilines is 1. The first-order valence-corrected chi connectivity index (χ1v) is 9.71. The highest BCUT2D eigenvalue weighted by Crippen LogP contribution is 2.39. The second-order valence-electron chi connectivity index (χ2n) is 6.52. The summed E-state index contributed by atoms with van der Waals surface area (Å²) in [6.45, 7) is 3.67. The smallest absolute Gasteiger partial charge is 0.255 e. The Kier molecular flexibility index (Phi) is 6.30. The first-order chi connectivity index (χ1) is 13.9. The highest BCUT2D eigenvalue weighted by molar-refractivity contribution is 7.80. The summed E-state index contributed by atoms with van der Waals surface area (Å²) in [4.78, 5) is 13.3. The van der Waals surface area contributed by atoms with Crippen molar-refractivity contribution in [3.63, 3.8) is 0 Å². The Bertz CT molecular complexity index is 1010. The van der Waals surface area contributed by atoms with Crippen LogP contribution in [0.3, 0.4) is 0 Å². The lowest BCUT2D eigenvalue weighted by molar-refractivity contribution is -0.113. The zero-order valence-electron chi connectivity index (χ0n) is 16.6. The molecule has 1 unspecified atom stereocenters. The number of carbonyl (C=O) groups excluding carboxylic acids is 1. The Labute approximate surface area is 180 Å². The molecule has 0 aromatic heterocycles. The Hall–Kier alpha value is -2.77. The van der Waals surface area contributed by atoms with Gasteiger partial charge in [0, 0.05) is 22.0 Å². The summed E-state index contributed by atoms with van der Waals surface area (Å²) in [5.74, 6) is 0.832. The fourth-order valence-corrected chi connectivity index (χ4v) is 3.75. The quantitative estimate of drug-likeness (QED) is 0.619. The van der Waals surface area contributed by atoms with E-state index in [-0.39, 0.29) is 5.91 Å². The predicted octanol–water partition coefficient (Wildman–Crippen LogP) is 4.10. The summed E-state index contributed by atoms with van der Waals surface area (Å²) in [6.07, 6.45) is 0. The molecular weight excluding hydrogens is 410 g/mol. The van der Waals surface area contributed by atoms with Gasteiger partial charge in [-0.05, 0) is 49.8 Å². The lowest BCUT2D eigenvalue weighted by Crippen LogP contribution is -2.45. The molecule has 0 spiro atoms. The van der Waals surface area contributed by atoms with Crippen LogP contribution in [-0.4, -0.2) is 25.2 Å². The van der Waals surface area contributed by atoms with Crippen molar-refractivity contribution in [3.8, 4) is 11.5 Å². The van der Waals surface area contributed by atoms with Crippen LogP contribution in [0.1, 0.15) is 24.1 Å². The third kappa shape index (κ3) is 4.16. The third-order valence-corrected chi connectivity index (χ3v) is 5.40. The number of amides is 1. The van der Waals surface area contributed by atoms with Crippen LogP contribution in [0.4, 0.5) is 5.69 Å². The maximum absolute atomic E-state index is 13.3. The van der Waals surface area contributed by atoms with Crippen molar-refractivity contribution in [2.24, 2.45) is 0 Å². The lowest BCUT2D eigenvalue weighted by atomic mass is 9.93. The van der Waals surface area contributed by atoms with Gasteiger partial charge in [0.15, 0.2) is 16.6 Å². The van der Waals surface area contributed by atoms with E-state index in [9.17, 15) is 4.79 Å². The molecule has 1 aliphatic heterocycles. The molecule has 1 amide bonds. The fraction of sp³-hybridized carbons (Fsp3) is 0.238. The molecule has 0 saturated heterocycles. The monoisotopic (exact) mass is 431 g/mol. The Morgan fingerprint density at radius 3 is 2.55 bits per heavy atom. The summed E-state index contributed by atoms with van der Waals surface area (Å²) in [6, 6.07) is 10.4. The minimum absolute atomic E-state index is 0.273. The molecule has 1 atom stereocenters. The molecule has 2 aromatic carbocycles. The summed E-state index contributed by atoms with van der Waals surface area (Å²) >= 11 is 11.5. The molecule has 2 aromatic rings. The zero-order valence-corrected chi connectivity index (χ0v) is 18.1. The second kappa shape index (κ2) is 8.71. The van der Waals surface area contributed by atoms with Crippen molar-refractivity contribution < 1.29 is 14.3 Å². The average molecular weight is 432 g/mol. The zero-order chi connectivity index (χ0) is 21.1. The Balaban J connectivity index is 2.05. The van der Waals surface area contributed by atoms with E-state index in [1.807, 2.05) is 32.0 Å². The number of hydrogen-bond acceptors (Lipinski definition) is 4. The summed E-state index contributed by atoms with van der Waals surface area (Å²) in [5.41, 5.74) is 3.32. The summed E-state index contributed by atoms with van der Waals surface area (Å²) in [7, 11) is 3.13. The van der Waals surface area contributed by atoms with Gasteiger partial charge in [-0.2, -0.15) is 0 Å². The predicted molar refractivity (Wildman–Crippen MR) is 119 cm³/mol. The SMILES string of the molecule is COc1cccc(C2NC(=S)NC(C)=C2C(=O)Nc2cccc(Cl)c2C)c1OC. The number of hydrogen-bond donors (Lipinski definition) is 3. The van der Waals surface area contributed by atoms with Gasteiger partial charge in [-0.3, -0.25) is 4.79 Å². The molecule has 0 radical (unpaired) electrons. The minimum Gasteiger partial charge on any atom is -0.493 e. The van der Waals surface area contributed by atoms with Crippen LogP contribution in [0, 0.1) is 6.92 Å². The number of benzene rings is 2. The van der Waals surface area contributed by atoms with Crippen LogP contribution in [0.2, 0.25) is 5.02 Å². The van der Waals surface area contributed by atoms with Crippen molar-refractivity contribution in [2.75, 3.05) is 19.5 Å². The van der Waals surface area contributed by atoms with Crippen molar-refractivity contribution in [1.29, 1.82) is 0 Å². The molecule has 1 heterocycles. The Morgan fingerprint density at radius 1 is 1.14 bits per heavy atom. The molecular formula is C21H22ClN3O3S. The first-order valence-electron chi connectivity index (χ1n) is 8.93. The van der Waals surface area contributed by atoms with Crippen LogP contribution >= 0.6 is 23.8 Å². The second-order valence-corrected chi connectivity index (χ2v) is 7.33. The number of rotatable bonds is 5. The van der Waals surface area contributed by atoms with Gasteiger partial charge >= 0.3 is 0 Å². The number of carbonyl (C=O) groups is 1. The van der Waals surface area contributed by atoms with Gasteiger partial charge in [-0.15, -0.1) is 0 Å². The van der Waals surface area contributed by atoms with Gasteiger partial charge in [-0.25, -0.2) is 0 Å². The highest BCUT2D eigenvalue weighted by atomic mass is 35.5. The van der Waals surface area contributed by atoms with Crippen LogP contribution in [0.15, 0.2) is 47.7 Å². The molecule has 0 bridgehead atoms. The molecule has 8 heteroatoms. The van der Waals surface area contributed by atoms with Crippen molar-refractivity contribution in [3.05, 3.63) is 63.8 Å². The molecule has 3 rings (SSSR count). The first kappa shape index (κ1) is 21.0. The van der Waals surface area contributed by atoms with E-state index in [1.165, 1.54) is 0 Å². The molecule has 6 nitrogen and oxygen atoms in total. The molecule has 0 aliphatic carbocycles. The number of nitrogens with one attached hydrogen (secondary N) is 3. The third-order valence-electron chi connectivity index (χ3n) is 4.77. The van der Waals surface area contributed by atoms with Crippen LogP contribution < -0.4 is 25.4 Å². The van der Waals surface area contributed by atoms with Crippen LogP contribution in [0.25, 0.3) is 0 Å². The summed E-state index contributed by atoms with van der Waals surface area (Å²) < 4.78 is 11.0.